The summed E-state index contributed by atoms with van der Waals surface area (Å²) in [6.45, 7) is 2.34. The van der Waals surface area contributed by atoms with Gasteiger partial charge in [-0.2, -0.15) is 0 Å². The summed E-state index contributed by atoms with van der Waals surface area (Å²) in [5.41, 5.74) is 2.10. The van der Waals surface area contributed by atoms with E-state index in [1.165, 1.54) is 6.07 Å². The van der Waals surface area contributed by atoms with Gasteiger partial charge in [0.05, 0.1) is 6.10 Å². The Labute approximate surface area is 148 Å². The Hall–Kier alpha value is -2.24. The highest BCUT2D eigenvalue weighted by atomic mass is 19.1. The second-order valence-corrected chi connectivity index (χ2v) is 6.16. The van der Waals surface area contributed by atoms with Crippen LogP contribution in [0.15, 0.2) is 48.5 Å². The van der Waals surface area contributed by atoms with Gasteiger partial charge in [-0.15, -0.1) is 0 Å². The molecule has 134 valence electrons. The van der Waals surface area contributed by atoms with Crippen LogP contribution in [0.25, 0.3) is 0 Å². The lowest BCUT2D eigenvalue weighted by Crippen LogP contribution is -2.31. The minimum absolute atomic E-state index is 0.0938. The summed E-state index contributed by atoms with van der Waals surface area (Å²) in [6, 6.07) is 14.0. The summed E-state index contributed by atoms with van der Waals surface area (Å²) in [6.07, 6.45) is 0.872. The number of nitrogens with one attached hydrogen (secondary N) is 2. The van der Waals surface area contributed by atoms with Crippen LogP contribution < -0.4 is 10.6 Å². The number of benzene rings is 2. The van der Waals surface area contributed by atoms with Gasteiger partial charge in [0.2, 0.25) is 0 Å². The SMILES string of the molecule is CNC(=O)c1ccc(CC[C@@H](C)NC[C@H](O)c2ccccc2F)cc1. The van der Waals surface area contributed by atoms with Gasteiger partial charge in [0.25, 0.3) is 5.91 Å². The molecule has 1 amide bonds. The number of halogens is 1. The fourth-order valence-corrected chi connectivity index (χ4v) is 2.62. The number of carbonyl (C=O) groups excluding carboxylic acids is 1. The molecule has 0 aliphatic rings. The van der Waals surface area contributed by atoms with Crippen LogP contribution in [0, 0.1) is 5.82 Å². The van der Waals surface area contributed by atoms with Gasteiger partial charge in [0.1, 0.15) is 5.82 Å². The lowest BCUT2D eigenvalue weighted by molar-refractivity contribution is 0.0963. The molecular formula is C20H25FN2O2. The maximum atomic E-state index is 13.6. The number of amides is 1. The molecule has 25 heavy (non-hydrogen) atoms. The Bertz CT molecular complexity index is 688. The van der Waals surface area contributed by atoms with Crippen molar-refractivity contribution >= 4 is 5.91 Å². The molecule has 0 fully saturated rings. The van der Waals surface area contributed by atoms with Crippen LogP contribution >= 0.6 is 0 Å². The monoisotopic (exact) mass is 344 g/mol. The third-order valence-corrected chi connectivity index (χ3v) is 4.23. The molecule has 2 aromatic carbocycles. The molecule has 2 rings (SSSR count). The van der Waals surface area contributed by atoms with E-state index < -0.39 is 6.10 Å². The summed E-state index contributed by atoms with van der Waals surface area (Å²) >= 11 is 0. The molecule has 0 saturated heterocycles. The second-order valence-electron chi connectivity index (χ2n) is 6.16. The smallest absolute Gasteiger partial charge is 0.251 e. The quantitative estimate of drug-likeness (QED) is 0.690. The van der Waals surface area contributed by atoms with Gasteiger partial charge in [-0.3, -0.25) is 4.79 Å². The van der Waals surface area contributed by atoms with Crippen molar-refractivity contribution in [2.45, 2.75) is 31.9 Å². The minimum atomic E-state index is -0.865. The van der Waals surface area contributed by atoms with Gasteiger partial charge in [-0.1, -0.05) is 30.3 Å². The second kappa shape index (κ2) is 9.30. The van der Waals surface area contributed by atoms with E-state index in [1.54, 1.807) is 25.2 Å². The first-order valence-electron chi connectivity index (χ1n) is 8.48. The van der Waals surface area contributed by atoms with E-state index in [0.29, 0.717) is 17.7 Å². The molecule has 0 spiro atoms. The van der Waals surface area contributed by atoms with Gasteiger partial charge in [0, 0.05) is 30.8 Å². The van der Waals surface area contributed by atoms with Gasteiger partial charge >= 0.3 is 0 Å². The Balaban J connectivity index is 1.78. The predicted molar refractivity (Wildman–Crippen MR) is 97.0 cm³/mol. The number of hydrogen-bond acceptors (Lipinski definition) is 3. The molecule has 0 aromatic heterocycles. The molecule has 0 aliphatic heterocycles. The van der Waals surface area contributed by atoms with Crippen LogP contribution in [0.5, 0.6) is 0 Å². The number of aliphatic hydroxyl groups is 1. The fraction of sp³-hybridized carbons (Fsp3) is 0.350. The van der Waals surface area contributed by atoms with Crippen molar-refractivity contribution in [3.8, 4) is 0 Å². The number of rotatable bonds is 8. The van der Waals surface area contributed by atoms with Gasteiger partial charge in [-0.05, 0) is 43.5 Å². The van der Waals surface area contributed by atoms with Crippen molar-refractivity contribution in [2.24, 2.45) is 0 Å². The largest absolute Gasteiger partial charge is 0.387 e. The number of hydrogen-bond donors (Lipinski definition) is 3. The summed E-state index contributed by atoms with van der Waals surface area (Å²) < 4.78 is 13.6. The van der Waals surface area contributed by atoms with E-state index in [9.17, 15) is 14.3 Å². The number of carbonyl (C=O) groups is 1. The highest BCUT2D eigenvalue weighted by Gasteiger charge is 2.13. The number of aryl methyl sites for hydroxylation is 1. The Morgan fingerprint density at radius 2 is 1.84 bits per heavy atom. The molecule has 0 bridgehead atoms. The first-order chi connectivity index (χ1) is 12.0. The Kier molecular flexibility index (Phi) is 7.10. The lowest BCUT2D eigenvalue weighted by atomic mass is 10.0. The molecule has 3 N–H and O–H groups in total. The number of aliphatic hydroxyl groups excluding tert-OH is 1. The Morgan fingerprint density at radius 3 is 2.48 bits per heavy atom. The van der Waals surface area contributed by atoms with E-state index in [0.717, 1.165) is 18.4 Å². The van der Waals surface area contributed by atoms with Crippen molar-refractivity contribution in [3.63, 3.8) is 0 Å². The topological polar surface area (TPSA) is 61.4 Å². The summed E-state index contributed by atoms with van der Waals surface area (Å²) in [7, 11) is 1.61. The third-order valence-electron chi connectivity index (χ3n) is 4.23. The average Bonchev–Trinajstić information content (AvgIpc) is 2.64. The zero-order chi connectivity index (χ0) is 18.2. The molecule has 5 heteroatoms. The molecule has 0 saturated carbocycles. The van der Waals surface area contributed by atoms with Crippen molar-refractivity contribution in [2.75, 3.05) is 13.6 Å². The van der Waals surface area contributed by atoms with Crippen molar-refractivity contribution in [3.05, 3.63) is 71.0 Å². The van der Waals surface area contributed by atoms with Crippen molar-refractivity contribution in [1.29, 1.82) is 0 Å². The fourth-order valence-electron chi connectivity index (χ4n) is 2.62. The first kappa shape index (κ1) is 19.1. The van der Waals surface area contributed by atoms with Crippen LogP contribution in [-0.2, 0) is 6.42 Å². The molecule has 0 unspecified atom stereocenters. The van der Waals surface area contributed by atoms with Gasteiger partial charge in [0.15, 0.2) is 0 Å². The van der Waals surface area contributed by atoms with E-state index in [1.807, 2.05) is 31.2 Å². The van der Waals surface area contributed by atoms with E-state index in [4.69, 9.17) is 0 Å². The zero-order valence-electron chi connectivity index (χ0n) is 14.6. The highest BCUT2D eigenvalue weighted by molar-refractivity contribution is 5.93. The standard InChI is InChI=1S/C20H25FN2O2/c1-14(23-13-19(24)17-5-3-4-6-18(17)21)7-8-15-9-11-16(12-10-15)20(25)22-2/h3-6,9-12,14,19,23-24H,7-8,13H2,1-2H3,(H,22,25)/t14-,19+/m1/s1. The first-order valence-corrected chi connectivity index (χ1v) is 8.48. The molecule has 2 aromatic rings. The van der Waals surface area contributed by atoms with E-state index >= 15 is 0 Å². The summed E-state index contributed by atoms with van der Waals surface area (Å²) in [5.74, 6) is -0.482. The zero-order valence-corrected chi connectivity index (χ0v) is 14.6. The van der Waals surface area contributed by atoms with Gasteiger partial charge in [-0.25, -0.2) is 4.39 Å². The van der Waals surface area contributed by atoms with Crippen LogP contribution in [0.2, 0.25) is 0 Å². The maximum absolute atomic E-state index is 13.6. The van der Waals surface area contributed by atoms with Crippen LogP contribution in [0.1, 0.15) is 40.9 Å². The van der Waals surface area contributed by atoms with Crippen molar-refractivity contribution in [1.82, 2.24) is 10.6 Å². The average molecular weight is 344 g/mol. The van der Waals surface area contributed by atoms with Crippen LogP contribution in [0.4, 0.5) is 4.39 Å². The molecular weight excluding hydrogens is 319 g/mol. The normalized spacial score (nSPS) is 13.3. The van der Waals surface area contributed by atoms with Crippen LogP contribution in [0.3, 0.4) is 0 Å². The van der Waals surface area contributed by atoms with E-state index in [2.05, 4.69) is 10.6 Å². The molecule has 2 atom stereocenters. The van der Waals surface area contributed by atoms with Gasteiger partial charge < -0.3 is 15.7 Å². The maximum Gasteiger partial charge on any atom is 0.251 e. The molecule has 0 aliphatic carbocycles. The molecule has 4 nitrogen and oxygen atoms in total. The van der Waals surface area contributed by atoms with E-state index in [-0.39, 0.29) is 17.8 Å². The van der Waals surface area contributed by atoms with Crippen molar-refractivity contribution < 1.29 is 14.3 Å². The predicted octanol–water partition coefficient (Wildman–Crippen LogP) is 2.83. The summed E-state index contributed by atoms with van der Waals surface area (Å²) in [5, 5.41) is 15.9. The van der Waals surface area contributed by atoms with Crippen LogP contribution in [-0.4, -0.2) is 30.6 Å². The Morgan fingerprint density at radius 1 is 1.16 bits per heavy atom. The highest BCUT2D eigenvalue weighted by Crippen LogP contribution is 2.16. The minimum Gasteiger partial charge on any atom is -0.387 e. The third kappa shape index (κ3) is 5.66. The summed E-state index contributed by atoms with van der Waals surface area (Å²) in [4.78, 5) is 11.5. The lowest BCUT2D eigenvalue weighted by Gasteiger charge is -2.18. The molecule has 0 heterocycles. The molecule has 0 radical (unpaired) electrons.